The second-order valence-corrected chi connectivity index (χ2v) is 6.19. The smallest absolute Gasteiger partial charge is 0.191 e. The zero-order valence-corrected chi connectivity index (χ0v) is 15.6. The van der Waals surface area contributed by atoms with Crippen LogP contribution < -0.4 is 10.6 Å². The SMILES string of the molecule is CCNC(=NCc1c(C)nn(C)c1C)NCCOCCC(C)C. The molecule has 2 N–H and O–H groups in total. The highest BCUT2D eigenvalue weighted by Crippen LogP contribution is 2.12. The van der Waals surface area contributed by atoms with E-state index in [1.807, 2.05) is 18.7 Å². The largest absolute Gasteiger partial charge is 0.380 e. The molecular formula is C17H33N5O. The summed E-state index contributed by atoms with van der Waals surface area (Å²) >= 11 is 0. The van der Waals surface area contributed by atoms with Crippen LogP contribution in [0.5, 0.6) is 0 Å². The normalized spacial score (nSPS) is 12.0. The quantitative estimate of drug-likeness (QED) is 0.415. The van der Waals surface area contributed by atoms with Crippen LogP contribution in [0.4, 0.5) is 0 Å². The Morgan fingerprint density at radius 2 is 2.00 bits per heavy atom. The van der Waals surface area contributed by atoms with Crippen molar-refractivity contribution in [3.63, 3.8) is 0 Å². The molecule has 0 bridgehead atoms. The number of nitrogens with one attached hydrogen (secondary N) is 2. The van der Waals surface area contributed by atoms with Gasteiger partial charge < -0.3 is 15.4 Å². The Balaban J connectivity index is 2.44. The molecule has 6 nitrogen and oxygen atoms in total. The highest BCUT2D eigenvalue weighted by Gasteiger charge is 2.08. The fourth-order valence-electron chi connectivity index (χ4n) is 2.21. The number of ether oxygens (including phenoxy) is 1. The molecule has 1 rings (SSSR count). The minimum absolute atomic E-state index is 0.634. The maximum atomic E-state index is 5.62. The van der Waals surface area contributed by atoms with Crippen molar-refractivity contribution in [1.82, 2.24) is 20.4 Å². The Hall–Kier alpha value is -1.56. The third-order valence-electron chi connectivity index (χ3n) is 3.78. The molecule has 23 heavy (non-hydrogen) atoms. The van der Waals surface area contributed by atoms with Gasteiger partial charge >= 0.3 is 0 Å². The third kappa shape index (κ3) is 7.03. The van der Waals surface area contributed by atoms with Gasteiger partial charge in [0.15, 0.2) is 5.96 Å². The standard InChI is InChI=1S/C17H33N5O/c1-7-18-17(19-9-11-23-10-8-13(2)3)20-12-16-14(4)21-22(6)15(16)5/h13H,7-12H2,1-6H3,(H2,18,19,20). The fourth-order valence-corrected chi connectivity index (χ4v) is 2.21. The molecular weight excluding hydrogens is 290 g/mol. The van der Waals surface area contributed by atoms with Gasteiger partial charge in [-0.05, 0) is 33.1 Å². The Bertz CT molecular complexity index is 493. The molecule has 1 aromatic heterocycles. The molecule has 6 heteroatoms. The molecule has 0 atom stereocenters. The summed E-state index contributed by atoms with van der Waals surface area (Å²) in [6.45, 7) is 14.3. The van der Waals surface area contributed by atoms with Gasteiger partial charge in [-0.15, -0.1) is 0 Å². The molecule has 1 heterocycles. The van der Waals surface area contributed by atoms with Gasteiger partial charge in [-0.1, -0.05) is 13.8 Å². The highest BCUT2D eigenvalue weighted by atomic mass is 16.5. The second-order valence-electron chi connectivity index (χ2n) is 6.19. The van der Waals surface area contributed by atoms with Crippen molar-refractivity contribution < 1.29 is 4.74 Å². The molecule has 0 unspecified atom stereocenters. The minimum atomic E-state index is 0.634. The first-order chi connectivity index (χ1) is 11.0. The van der Waals surface area contributed by atoms with Crippen LogP contribution in [0.2, 0.25) is 0 Å². The van der Waals surface area contributed by atoms with Gasteiger partial charge in [0.25, 0.3) is 0 Å². The monoisotopic (exact) mass is 323 g/mol. The number of hydrogen-bond donors (Lipinski definition) is 2. The predicted octanol–water partition coefficient (Wildman–Crippen LogP) is 2.15. The van der Waals surface area contributed by atoms with E-state index < -0.39 is 0 Å². The Labute approximate surface area is 140 Å². The van der Waals surface area contributed by atoms with Crippen LogP contribution in [0.15, 0.2) is 4.99 Å². The molecule has 0 aromatic carbocycles. The van der Waals surface area contributed by atoms with Gasteiger partial charge in [0.2, 0.25) is 0 Å². The minimum Gasteiger partial charge on any atom is -0.380 e. The molecule has 0 amide bonds. The van der Waals surface area contributed by atoms with E-state index in [0.29, 0.717) is 19.1 Å². The van der Waals surface area contributed by atoms with Crippen LogP contribution in [-0.2, 0) is 18.3 Å². The predicted molar refractivity (Wildman–Crippen MR) is 95.8 cm³/mol. The van der Waals surface area contributed by atoms with Crippen molar-refractivity contribution in [2.24, 2.45) is 18.0 Å². The third-order valence-corrected chi connectivity index (χ3v) is 3.78. The lowest BCUT2D eigenvalue weighted by atomic mass is 10.1. The van der Waals surface area contributed by atoms with E-state index >= 15 is 0 Å². The number of aromatic nitrogens is 2. The van der Waals surface area contributed by atoms with E-state index in [0.717, 1.165) is 37.8 Å². The summed E-state index contributed by atoms with van der Waals surface area (Å²) in [7, 11) is 1.97. The summed E-state index contributed by atoms with van der Waals surface area (Å²) in [5.41, 5.74) is 3.40. The van der Waals surface area contributed by atoms with Crippen molar-refractivity contribution in [2.45, 2.75) is 47.6 Å². The van der Waals surface area contributed by atoms with Crippen LogP contribution in [0.25, 0.3) is 0 Å². The molecule has 0 saturated carbocycles. The van der Waals surface area contributed by atoms with E-state index in [1.165, 1.54) is 11.3 Å². The fraction of sp³-hybridized carbons (Fsp3) is 0.765. The number of guanidine groups is 1. The maximum Gasteiger partial charge on any atom is 0.191 e. The first-order valence-corrected chi connectivity index (χ1v) is 8.54. The molecule has 0 aliphatic rings. The Morgan fingerprint density at radius 3 is 2.57 bits per heavy atom. The molecule has 0 fully saturated rings. The van der Waals surface area contributed by atoms with Gasteiger partial charge in [-0.2, -0.15) is 5.10 Å². The van der Waals surface area contributed by atoms with Gasteiger partial charge in [0, 0.05) is 38.0 Å². The van der Waals surface area contributed by atoms with E-state index in [1.54, 1.807) is 0 Å². The van der Waals surface area contributed by atoms with Crippen LogP contribution in [0.3, 0.4) is 0 Å². The summed E-state index contributed by atoms with van der Waals surface area (Å²) in [6, 6.07) is 0. The van der Waals surface area contributed by atoms with Gasteiger partial charge in [0.05, 0.1) is 18.8 Å². The zero-order valence-electron chi connectivity index (χ0n) is 15.6. The van der Waals surface area contributed by atoms with Crippen molar-refractivity contribution in [2.75, 3.05) is 26.3 Å². The van der Waals surface area contributed by atoms with E-state index in [2.05, 4.69) is 48.4 Å². The van der Waals surface area contributed by atoms with Crippen LogP contribution in [0, 0.1) is 19.8 Å². The first-order valence-electron chi connectivity index (χ1n) is 8.54. The van der Waals surface area contributed by atoms with Crippen molar-refractivity contribution in [3.8, 4) is 0 Å². The Kier molecular flexibility index (Phi) is 8.69. The van der Waals surface area contributed by atoms with Crippen molar-refractivity contribution in [1.29, 1.82) is 0 Å². The van der Waals surface area contributed by atoms with Gasteiger partial charge in [-0.3, -0.25) is 4.68 Å². The van der Waals surface area contributed by atoms with Crippen molar-refractivity contribution >= 4 is 5.96 Å². The number of nitrogens with zero attached hydrogens (tertiary/aromatic N) is 3. The molecule has 0 aliphatic carbocycles. The topological polar surface area (TPSA) is 63.5 Å². The zero-order chi connectivity index (χ0) is 17.2. The van der Waals surface area contributed by atoms with Crippen LogP contribution >= 0.6 is 0 Å². The maximum absolute atomic E-state index is 5.62. The van der Waals surface area contributed by atoms with E-state index in [-0.39, 0.29) is 0 Å². The molecule has 0 spiro atoms. The summed E-state index contributed by atoms with van der Waals surface area (Å²) in [6.07, 6.45) is 1.10. The van der Waals surface area contributed by atoms with Crippen molar-refractivity contribution in [3.05, 3.63) is 17.0 Å². The lowest BCUT2D eigenvalue weighted by Crippen LogP contribution is -2.39. The second kappa shape index (κ2) is 10.3. The number of aryl methyl sites for hydroxylation is 2. The lowest BCUT2D eigenvalue weighted by Gasteiger charge is -2.12. The molecule has 132 valence electrons. The van der Waals surface area contributed by atoms with Gasteiger partial charge in [-0.25, -0.2) is 4.99 Å². The van der Waals surface area contributed by atoms with E-state index in [9.17, 15) is 0 Å². The summed E-state index contributed by atoms with van der Waals surface area (Å²) in [4.78, 5) is 4.65. The molecule has 0 saturated heterocycles. The number of rotatable bonds is 9. The van der Waals surface area contributed by atoms with Crippen LogP contribution in [-0.4, -0.2) is 42.0 Å². The first kappa shape index (κ1) is 19.5. The summed E-state index contributed by atoms with van der Waals surface area (Å²) in [5, 5.41) is 11.0. The average Bonchev–Trinajstić information content (AvgIpc) is 2.73. The van der Waals surface area contributed by atoms with Gasteiger partial charge in [0.1, 0.15) is 0 Å². The number of hydrogen-bond acceptors (Lipinski definition) is 3. The lowest BCUT2D eigenvalue weighted by molar-refractivity contribution is 0.128. The Morgan fingerprint density at radius 1 is 1.26 bits per heavy atom. The summed E-state index contributed by atoms with van der Waals surface area (Å²) in [5.74, 6) is 1.51. The average molecular weight is 323 g/mol. The van der Waals surface area contributed by atoms with Crippen LogP contribution in [0.1, 0.15) is 44.1 Å². The number of aliphatic imine (C=N–C) groups is 1. The molecule has 0 radical (unpaired) electrons. The highest BCUT2D eigenvalue weighted by molar-refractivity contribution is 5.79. The molecule has 0 aliphatic heterocycles. The molecule has 1 aromatic rings. The van der Waals surface area contributed by atoms with E-state index in [4.69, 9.17) is 4.74 Å². The summed E-state index contributed by atoms with van der Waals surface area (Å²) < 4.78 is 7.52.